The van der Waals surface area contributed by atoms with E-state index in [-0.39, 0.29) is 30.2 Å². The minimum absolute atomic E-state index is 0.0168. The minimum Gasteiger partial charge on any atom is -0.346 e. The summed E-state index contributed by atoms with van der Waals surface area (Å²) in [6.45, 7) is 7.65. The number of hydrogen-bond donors (Lipinski definition) is 2. The summed E-state index contributed by atoms with van der Waals surface area (Å²) in [7, 11) is 0. The van der Waals surface area contributed by atoms with Crippen LogP contribution in [0, 0.1) is 12.8 Å². The molecule has 1 fully saturated rings. The lowest BCUT2D eigenvalue weighted by molar-refractivity contribution is -0.139. The fourth-order valence-electron chi connectivity index (χ4n) is 2.89. The highest BCUT2D eigenvalue weighted by atomic mass is 16.2. The number of piperazine rings is 1. The van der Waals surface area contributed by atoms with Crippen LogP contribution in [0.15, 0.2) is 24.3 Å². The summed E-state index contributed by atoms with van der Waals surface area (Å²) in [4.78, 5) is 40.0. The Kier molecular flexibility index (Phi) is 7.36. The molecular formula is C20H30N4O3. The molecule has 148 valence electrons. The van der Waals surface area contributed by atoms with Gasteiger partial charge in [0.2, 0.25) is 17.7 Å². The molecule has 1 saturated heterocycles. The van der Waals surface area contributed by atoms with E-state index in [1.165, 1.54) is 5.56 Å². The molecule has 0 aromatic heterocycles. The lowest BCUT2D eigenvalue weighted by atomic mass is 10.1. The fourth-order valence-corrected chi connectivity index (χ4v) is 2.89. The third-order valence-electron chi connectivity index (χ3n) is 4.90. The van der Waals surface area contributed by atoms with E-state index in [0.29, 0.717) is 32.6 Å². The maximum atomic E-state index is 12.4. The molecule has 1 aromatic carbocycles. The number of hydrogen-bond acceptors (Lipinski definition) is 4. The van der Waals surface area contributed by atoms with E-state index in [2.05, 4.69) is 5.32 Å². The van der Waals surface area contributed by atoms with Gasteiger partial charge in [0.25, 0.3) is 0 Å². The average molecular weight is 374 g/mol. The summed E-state index contributed by atoms with van der Waals surface area (Å²) in [5.41, 5.74) is 7.93. The summed E-state index contributed by atoms with van der Waals surface area (Å²) in [5, 5.41) is 2.60. The monoisotopic (exact) mass is 374 g/mol. The molecule has 7 heteroatoms. The van der Waals surface area contributed by atoms with Crippen LogP contribution in [0.2, 0.25) is 0 Å². The first-order valence-electron chi connectivity index (χ1n) is 9.42. The molecule has 0 aliphatic carbocycles. The second-order valence-electron chi connectivity index (χ2n) is 7.41. The number of rotatable bonds is 6. The number of carbonyl (C=O) groups excluding carboxylic acids is 3. The van der Waals surface area contributed by atoms with E-state index in [0.717, 1.165) is 5.56 Å². The van der Waals surface area contributed by atoms with Crippen LogP contribution < -0.4 is 11.1 Å². The van der Waals surface area contributed by atoms with Crippen molar-refractivity contribution in [1.29, 1.82) is 0 Å². The van der Waals surface area contributed by atoms with Crippen molar-refractivity contribution in [2.45, 2.75) is 33.2 Å². The zero-order valence-corrected chi connectivity index (χ0v) is 16.4. The number of nitrogens with zero attached hydrogens (tertiary/aromatic N) is 2. The number of nitrogens with two attached hydrogens (primary N) is 1. The predicted octanol–water partition coefficient (Wildman–Crippen LogP) is 0.308. The Morgan fingerprint density at radius 1 is 1.00 bits per heavy atom. The lowest BCUT2D eigenvalue weighted by Crippen LogP contribution is -2.54. The smallest absolute Gasteiger partial charge is 0.242 e. The molecule has 1 atom stereocenters. The van der Waals surface area contributed by atoms with Gasteiger partial charge in [0, 0.05) is 26.2 Å². The normalized spacial score (nSPS) is 15.6. The first-order chi connectivity index (χ1) is 12.8. The Bertz CT molecular complexity index is 664. The van der Waals surface area contributed by atoms with Crippen molar-refractivity contribution in [2.24, 2.45) is 11.7 Å². The van der Waals surface area contributed by atoms with E-state index >= 15 is 0 Å². The molecule has 1 aliphatic heterocycles. The molecular weight excluding hydrogens is 344 g/mol. The number of aryl methyl sites for hydroxylation is 1. The molecule has 3 N–H and O–H groups in total. The van der Waals surface area contributed by atoms with E-state index in [9.17, 15) is 14.4 Å². The summed E-state index contributed by atoms with van der Waals surface area (Å²) in [5.74, 6) is -0.374. The SMILES string of the molecule is Cc1ccc(CC(=O)N2CCN(C(=O)CNC(=O)[C@@H](N)C(C)C)CC2)cc1. The molecule has 1 aromatic rings. The Morgan fingerprint density at radius 2 is 1.52 bits per heavy atom. The highest BCUT2D eigenvalue weighted by Crippen LogP contribution is 2.09. The Balaban J connectivity index is 1.75. The van der Waals surface area contributed by atoms with Crippen molar-refractivity contribution in [3.8, 4) is 0 Å². The number of carbonyl (C=O) groups is 3. The first-order valence-corrected chi connectivity index (χ1v) is 9.42. The van der Waals surface area contributed by atoms with Crippen LogP contribution >= 0.6 is 0 Å². The fraction of sp³-hybridized carbons (Fsp3) is 0.550. The van der Waals surface area contributed by atoms with Crippen LogP contribution in [-0.4, -0.2) is 66.3 Å². The first kappa shape index (κ1) is 20.9. The molecule has 7 nitrogen and oxygen atoms in total. The van der Waals surface area contributed by atoms with Crippen LogP contribution in [0.5, 0.6) is 0 Å². The molecule has 0 saturated carbocycles. The average Bonchev–Trinajstić information content (AvgIpc) is 2.67. The quantitative estimate of drug-likeness (QED) is 0.749. The highest BCUT2D eigenvalue weighted by Gasteiger charge is 2.25. The Hall–Kier alpha value is -2.41. The minimum atomic E-state index is -0.617. The lowest BCUT2D eigenvalue weighted by Gasteiger charge is -2.35. The summed E-state index contributed by atoms with van der Waals surface area (Å²) >= 11 is 0. The van der Waals surface area contributed by atoms with Gasteiger partial charge in [0.15, 0.2) is 0 Å². The third kappa shape index (κ3) is 6.06. The largest absolute Gasteiger partial charge is 0.346 e. The van der Waals surface area contributed by atoms with Crippen molar-refractivity contribution < 1.29 is 14.4 Å². The second kappa shape index (κ2) is 9.50. The molecule has 27 heavy (non-hydrogen) atoms. The number of benzene rings is 1. The van der Waals surface area contributed by atoms with Gasteiger partial charge in [-0.15, -0.1) is 0 Å². The molecule has 0 radical (unpaired) electrons. The Labute approximate surface area is 160 Å². The van der Waals surface area contributed by atoms with Gasteiger partial charge < -0.3 is 20.9 Å². The van der Waals surface area contributed by atoms with Gasteiger partial charge in [-0.3, -0.25) is 14.4 Å². The van der Waals surface area contributed by atoms with E-state index in [4.69, 9.17) is 5.73 Å². The summed E-state index contributed by atoms with van der Waals surface area (Å²) in [6.07, 6.45) is 0.372. The topological polar surface area (TPSA) is 95.7 Å². The Morgan fingerprint density at radius 3 is 2.04 bits per heavy atom. The van der Waals surface area contributed by atoms with Crippen molar-refractivity contribution in [3.05, 3.63) is 35.4 Å². The van der Waals surface area contributed by atoms with E-state index < -0.39 is 6.04 Å². The molecule has 0 spiro atoms. The van der Waals surface area contributed by atoms with Gasteiger partial charge in [-0.05, 0) is 18.4 Å². The molecule has 1 heterocycles. The van der Waals surface area contributed by atoms with Gasteiger partial charge >= 0.3 is 0 Å². The standard InChI is InChI=1S/C20H30N4O3/c1-14(2)19(21)20(27)22-13-18(26)24-10-8-23(9-11-24)17(25)12-16-6-4-15(3)5-7-16/h4-7,14,19H,8-13,21H2,1-3H3,(H,22,27)/t19-/m0/s1. The zero-order valence-electron chi connectivity index (χ0n) is 16.4. The van der Waals surface area contributed by atoms with Gasteiger partial charge in [-0.1, -0.05) is 43.7 Å². The van der Waals surface area contributed by atoms with Gasteiger partial charge in [-0.25, -0.2) is 0 Å². The third-order valence-corrected chi connectivity index (χ3v) is 4.90. The highest BCUT2D eigenvalue weighted by molar-refractivity contribution is 5.87. The maximum absolute atomic E-state index is 12.4. The van der Waals surface area contributed by atoms with Crippen LogP contribution in [0.25, 0.3) is 0 Å². The summed E-state index contributed by atoms with van der Waals surface area (Å²) < 4.78 is 0. The molecule has 0 unspecified atom stereocenters. The van der Waals surface area contributed by atoms with Gasteiger partial charge in [0.1, 0.15) is 0 Å². The van der Waals surface area contributed by atoms with Crippen LogP contribution in [0.3, 0.4) is 0 Å². The number of amides is 3. The van der Waals surface area contributed by atoms with Crippen LogP contribution in [0.4, 0.5) is 0 Å². The molecule has 3 amide bonds. The van der Waals surface area contributed by atoms with Gasteiger partial charge in [0.05, 0.1) is 19.0 Å². The maximum Gasteiger partial charge on any atom is 0.242 e. The van der Waals surface area contributed by atoms with Crippen LogP contribution in [-0.2, 0) is 20.8 Å². The van der Waals surface area contributed by atoms with E-state index in [1.807, 2.05) is 45.0 Å². The predicted molar refractivity (Wildman–Crippen MR) is 104 cm³/mol. The van der Waals surface area contributed by atoms with Crippen LogP contribution in [0.1, 0.15) is 25.0 Å². The zero-order chi connectivity index (χ0) is 20.0. The van der Waals surface area contributed by atoms with Gasteiger partial charge in [-0.2, -0.15) is 0 Å². The van der Waals surface area contributed by atoms with E-state index in [1.54, 1.807) is 9.80 Å². The molecule has 0 bridgehead atoms. The second-order valence-corrected chi connectivity index (χ2v) is 7.41. The van der Waals surface area contributed by atoms with Crippen molar-refractivity contribution in [1.82, 2.24) is 15.1 Å². The van der Waals surface area contributed by atoms with Crippen molar-refractivity contribution in [2.75, 3.05) is 32.7 Å². The van der Waals surface area contributed by atoms with Crippen molar-refractivity contribution >= 4 is 17.7 Å². The molecule has 1 aliphatic rings. The number of nitrogens with one attached hydrogen (secondary N) is 1. The summed E-state index contributed by atoms with van der Waals surface area (Å²) in [6, 6.07) is 7.32. The molecule has 2 rings (SSSR count). The van der Waals surface area contributed by atoms with Crippen molar-refractivity contribution in [3.63, 3.8) is 0 Å².